The van der Waals surface area contributed by atoms with Gasteiger partial charge in [-0.25, -0.2) is 4.99 Å². The lowest BCUT2D eigenvalue weighted by Gasteiger charge is -2.30. The fourth-order valence-corrected chi connectivity index (χ4v) is 3.62. The fourth-order valence-electron chi connectivity index (χ4n) is 3.62. The van der Waals surface area contributed by atoms with E-state index in [0.29, 0.717) is 17.1 Å². The maximum absolute atomic E-state index is 13.2. The summed E-state index contributed by atoms with van der Waals surface area (Å²) in [6, 6.07) is 18.9. The molecule has 2 aliphatic heterocycles. The second kappa shape index (κ2) is 7.73. The zero-order chi connectivity index (χ0) is 22.9. The second-order valence-corrected chi connectivity index (χ2v) is 8.14. The third-order valence-corrected chi connectivity index (χ3v) is 5.74. The Balaban J connectivity index is 1.69. The molecule has 32 heavy (non-hydrogen) atoms. The van der Waals surface area contributed by atoms with Crippen LogP contribution >= 0.6 is 0 Å². The van der Waals surface area contributed by atoms with Crippen molar-refractivity contribution in [3.63, 3.8) is 0 Å². The number of nitriles is 2. The Bertz CT molecular complexity index is 1280. The minimum Gasteiger partial charge on any atom is -0.310 e. The van der Waals surface area contributed by atoms with Crippen molar-refractivity contribution in [2.24, 2.45) is 9.98 Å². The number of aliphatic imine (C=N–C) groups is 2. The van der Waals surface area contributed by atoms with E-state index in [-0.39, 0.29) is 16.1 Å². The highest BCUT2D eigenvalue weighted by molar-refractivity contribution is 6.36. The third kappa shape index (κ3) is 3.41. The number of carbonyl (C=O) groups excluding carboxylic acids is 1. The molecule has 1 atom stereocenters. The molecule has 1 unspecified atom stereocenters. The fraction of sp³-hybridized carbons (Fsp3) is 0.160. The van der Waals surface area contributed by atoms with Gasteiger partial charge in [0.25, 0.3) is 11.7 Å². The van der Waals surface area contributed by atoms with Gasteiger partial charge in [-0.3, -0.25) is 4.79 Å². The largest absolute Gasteiger partial charge is 0.310 e. The number of anilines is 1. The predicted molar refractivity (Wildman–Crippen MR) is 125 cm³/mol. The average Bonchev–Trinajstić information content (AvgIpc) is 3.27. The van der Waals surface area contributed by atoms with Crippen LogP contribution in [-0.4, -0.2) is 25.0 Å². The molecule has 0 bridgehead atoms. The Labute approximate surface area is 186 Å². The molecular weight excluding hydrogens is 400 g/mol. The predicted octanol–water partition coefficient (Wildman–Crippen LogP) is 4.14. The number of hydrogen-bond donors (Lipinski definition) is 0. The van der Waals surface area contributed by atoms with Gasteiger partial charge in [-0.1, -0.05) is 12.1 Å². The lowest BCUT2D eigenvalue weighted by molar-refractivity contribution is -0.114. The molecule has 0 fully saturated rings. The number of amides is 1. The van der Waals surface area contributed by atoms with E-state index >= 15 is 0 Å². The van der Waals surface area contributed by atoms with E-state index in [9.17, 15) is 10.1 Å². The molecule has 4 rings (SSSR count). The van der Waals surface area contributed by atoms with Gasteiger partial charge >= 0.3 is 0 Å². The number of nitrogens with zero attached hydrogens (tertiary/aromatic N) is 6. The molecule has 2 aliphatic rings. The molecule has 7 heteroatoms. The van der Waals surface area contributed by atoms with Gasteiger partial charge in [0.2, 0.25) is 0 Å². The minimum absolute atomic E-state index is 0.138. The minimum atomic E-state index is -0.597. The monoisotopic (exact) mass is 421 g/mol. The van der Waals surface area contributed by atoms with Crippen LogP contribution in [0.4, 0.5) is 11.4 Å². The van der Waals surface area contributed by atoms with Crippen molar-refractivity contribution in [3.05, 3.63) is 84.0 Å². The SMILES string of the molecule is CN(C(=O)C1=C[N+]2(c3ccc(C(C)(C)C#N)cc3)C=CN=C2C=N1)c1ccc(C#N)cc1. The Kier molecular flexibility index (Phi) is 5.06. The Morgan fingerprint density at radius 2 is 1.75 bits per heavy atom. The molecule has 156 valence electrons. The van der Waals surface area contributed by atoms with Crippen LogP contribution in [0, 0.1) is 22.7 Å². The van der Waals surface area contributed by atoms with Gasteiger partial charge < -0.3 is 4.90 Å². The van der Waals surface area contributed by atoms with E-state index in [2.05, 4.69) is 22.1 Å². The molecule has 0 aromatic heterocycles. The van der Waals surface area contributed by atoms with E-state index in [0.717, 1.165) is 11.3 Å². The summed E-state index contributed by atoms with van der Waals surface area (Å²) in [5, 5.41) is 18.4. The summed E-state index contributed by atoms with van der Waals surface area (Å²) in [5.74, 6) is 0.403. The summed E-state index contributed by atoms with van der Waals surface area (Å²) in [7, 11) is 1.67. The van der Waals surface area contributed by atoms with E-state index in [1.165, 1.54) is 4.90 Å². The van der Waals surface area contributed by atoms with Crippen LogP contribution in [0.15, 0.2) is 82.8 Å². The van der Waals surface area contributed by atoms with Gasteiger partial charge in [-0.15, -0.1) is 0 Å². The molecule has 0 saturated heterocycles. The number of rotatable bonds is 4. The molecule has 0 aliphatic carbocycles. The third-order valence-electron chi connectivity index (χ3n) is 5.74. The van der Waals surface area contributed by atoms with Gasteiger partial charge in [0.05, 0.1) is 29.3 Å². The van der Waals surface area contributed by atoms with Crippen molar-refractivity contribution < 1.29 is 4.79 Å². The number of amidine groups is 1. The van der Waals surface area contributed by atoms with Crippen molar-refractivity contribution in [1.29, 1.82) is 10.5 Å². The van der Waals surface area contributed by atoms with E-state index in [1.807, 2.05) is 44.3 Å². The Morgan fingerprint density at radius 1 is 1.06 bits per heavy atom. The highest BCUT2D eigenvalue weighted by atomic mass is 16.2. The molecular formula is C25H21N6O+. The first-order valence-electron chi connectivity index (χ1n) is 10.0. The molecule has 2 aromatic rings. The number of quaternary nitrogens is 1. The first-order valence-corrected chi connectivity index (χ1v) is 10.0. The zero-order valence-electron chi connectivity index (χ0n) is 18.0. The molecule has 0 radical (unpaired) electrons. The van der Waals surface area contributed by atoms with Gasteiger partial charge in [0.15, 0.2) is 5.70 Å². The molecule has 2 heterocycles. The van der Waals surface area contributed by atoms with Gasteiger partial charge in [-0.2, -0.15) is 20.0 Å². The molecule has 0 spiro atoms. The van der Waals surface area contributed by atoms with Crippen LogP contribution < -0.4 is 9.38 Å². The summed E-state index contributed by atoms with van der Waals surface area (Å²) in [6.07, 6.45) is 6.96. The smallest absolute Gasteiger partial charge is 0.282 e. The normalized spacial score (nSPS) is 18.8. The Morgan fingerprint density at radius 3 is 2.38 bits per heavy atom. The van der Waals surface area contributed by atoms with E-state index in [1.54, 1.807) is 49.9 Å². The Hall–Kier alpha value is -4.33. The maximum atomic E-state index is 13.2. The van der Waals surface area contributed by atoms with Gasteiger partial charge in [0, 0.05) is 24.9 Å². The van der Waals surface area contributed by atoms with E-state index in [4.69, 9.17) is 5.26 Å². The van der Waals surface area contributed by atoms with E-state index < -0.39 is 5.41 Å². The second-order valence-electron chi connectivity index (χ2n) is 8.14. The molecule has 2 aromatic carbocycles. The van der Waals surface area contributed by atoms with Gasteiger partial charge in [-0.05, 0) is 43.7 Å². The van der Waals surface area contributed by atoms with Crippen LogP contribution in [0.2, 0.25) is 0 Å². The molecule has 0 saturated carbocycles. The van der Waals surface area contributed by atoms with Crippen LogP contribution in [0.5, 0.6) is 0 Å². The van der Waals surface area contributed by atoms with Crippen LogP contribution in [0.1, 0.15) is 25.0 Å². The summed E-state index contributed by atoms with van der Waals surface area (Å²) >= 11 is 0. The number of fused-ring (bicyclic) bond motifs is 1. The average molecular weight is 421 g/mol. The lowest BCUT2D eigenvalue weighted by atomic mass is 9.86. The summed E-state index contributed by atoms with van der Waals surface area (Å²) in [6.45, 7) is 3.75. The van der Waals surface area contributed by atoms with Crippen LogP contribution in [0.3, 0.4) is 0 Å². The van der Waals surface area contributed by atoms with Crippen LogP contribution in [-0.2, 0) is 10.2 Å². The topological polar surface area (TPSA) is 92.6 Å². The van der Waals surface area contributed by atoms with Crippen molar-refractivity contribution in [2.45, 2.75) is 19.3 Å². The zero-order valence-corrected chi connectivity index (χ0v) is 18.0. The maximum Gasteiger partial charge on any atom is 0.282 e. The summed E-state index contributed by atoms with van der Waals surface area (Å²) in [5.41, 5.74) is 2.67. The highest BCUT2D eigenvalue weighted by Gasteiger charge is 2.40. The van der Waals surface area contributed by atoms with Crippen molar-refractivity contribution in [1.82, 2.24) is 4.48 Å². The van der Waals surface area contributed by atoms with Crippen molar-refractivity contribution >= 4 is 29.3 Å². The molecule has 0 N–H and O–H groups in total. The summed E-state index contributed by atoms with van der Waals surface area (Å²) < 4.78 is 0.138. The highest BCUT2D eigenvalue weighted by Crippen LogP contribution is 2.34. The van der Waals surface area contributed by atoms with Crippen molar-refractivity contribution in [3.8, 4) is 12.1 Å². The number of hydrogen-bond acceptors (Lipinski definition) is 5. The number of benzene rings is 2. The molecule has 1 amide bonds. The first kappa shape index (κ1) is 20.9. The molecule has 7 nitrogen and oxygen atoms in total. The summed E-state index contributed by atoms with van der Waals surface area (Å²) in [4.78, 5) is 23.5. The quantitative estimate of drug-likeness (QED) is 0.695. The lowest BCUT2D eigenvalue weighted by Crippen LogP contribution is -2.46. The standard InChI is InChI=1S/C25H21N6O/c1-25(2,17-27)19-6-10-21(11-7-19)31-13-12-28-23(31)15-29-22(16-31)24(32)30(3)20-8-4-18(14-26)5-9-20/h4-13,15-16H,1-3H3/q+1. The number of carbonyl (C=O) groups is 1. The number of likely N-dealkylation sites (N-methyl/N-ethyl adjacent to an activating group) is 1. The van der Waals surface area contributed by atoms with Crippen LogP contribution in [0.25, 0.3) is 0 Å². The van der Waals surface area contributed by atoms with Gasteiger partial charge in [0.1, 0.15) is 24.3 Å². The first-order chi connectivity index (χ1) is 15.3. The van der Waals surface area contributed by atoms with Crippen molar-refractivity contribution in [2.75, 3.05) is 11.9 Å².